The van der Waals surface area contributed by atoms with Crippen molar-refractivity contribution >= 4 is 68.2 Å². The number of ether oxygens (including phenoxy) is 1. The Balaban J connectivity index is 1.18. The van der Waals surface area contributed by atoms with Crippen molar-refractivity contribution in [3.63, 3.8) is 0 Å². The molecule has 1 spiro atoms. The number of rotatable bonds is 3. The van der Waals surface area contributed by atoms with Crippen molar-refractivity contribution in [2.45, 2.75) is 25.9 Å². The van der Waals surface area contributed by atoms with E-state index in [0.29, 0.717) is 21.4 Å². The number of halogens is 2. The van der Waals surface area contributed by atoms with Gasteiger partial charge < -0.3 is 18.5 Å². The van der Waals surface area contributed by atoms with Gasteiger partial charge in [-0.1, -0.05) is 46.6 Å². The molecule has 0 radical (unpaired) electrons. The highest BCUT2D eigenvalue weighted by Crippen LogP contribution is 2.69. The molecular weight excluding hydrogens is 531 g/mol. The highest BCUT2D eigenvalue weighted by atomic mass is 35.5. The van der Waals surface area contributed by atoms with Crippen LogP contribution in [0.2, 0.25) is 10.2 Å². The standard InChI is InChI=1S/C24H16Cl2N2O5S2/c1-12(14-4-2-3-5-15(14)25)31-23(30)27-20-16(32-28-21(20)26)7-6-13-10-17-18(34-13)11-19-24(8-9-24)22(29)35(19)33-17/h2-5,10-12,29H,8-9H2,1H3,(H,27,30). The molecule has 1 amide bonds. The summed E-state index contributed by atoms with van der Waals surface area (Å²) in [5, 5.41) is 17.5. The average Bonchev–Trinajstić information content (AvgIpc) is 3.49. The van der Waals surface area contributed by atoms with Crippen molar-refractivity contribution in [3.8, 4) is 17.6 Å². The zero-order chi connectivity index (χ0) is 24.3. The van der Waals surface area contributed by atoms with Crippen molar-refractivity contribution < 1.29 is 23.3 Å². The minimum absolute atomic E-state index is 0.0475. The first-order chi connectivity index (χ1) is 16.9. The molecule has 4 heterocycles. The van der Waals surface area contributed by atoms with Gasteiger partial charge in [0.2, 0.25) is 5.76 Å². The quantitative estimate of drug-likeness (QED) is 0.267. The molecule has 0 bridgehead atoms. The third-order valence-corrected chi connectivity index (χ3v) is 9.55. The summed E-state index contributed by atoms with van der Waals surface area (Å²) in [5.74, 6) is 6.65. The Hall–Kier alpha value is -2.74. The van der Waals surface area contributed by atoms with Gasteiger partial charge in [0.1, 0.15) is 16.8 Å². The van der Waals surface area contributed by atoms with Crippen LogP contribution in [-0.2, 0) is 4.74 Å². The van der Waals surface area contributed by atoms with Gasteiger partial charge in [-0.3, -0.25) is 5.32 Å². The molecule has 1 aliphatic carbocycles. The van der Waals surface area contributed by atoms with Gasteiger partial charge in [-0.2, -0.15) is 0 Å². The van der Waals surface area contributed by atoms with Crippen LogP contribution in [-0.4, -0.2) is 21.4 Å². The van der Waals surface area contributed by atoms with Crippen LogP contribution in [0.1, 0.15) is 46.9 Å². The van der Waals surface area contributed by atoms with Gasteiger partial charge in [-0.05, 0) is 43.7 Å². The number of hydrogen-bond acceptors (Lipinski definition) is 6. The molecule has 7 nitrogen and oxygen atoms in total. The van der Waals surface area contributed by atoms with Crippen molar-refractivity contribution in [1.29, 1.82) is 0 Å². The van der Waals surface area contributed by atoms with Crippen LogP contribution >= 0.6 is 45.3 Å². The van der Waals surface area contributed by atoms with E-state index < -0.39 is 23.0 Å². The van der Waals surface area contributed by atoms with Gasteiger partial charge in [0, 0.05) is 21.6 Å². The fraction of sp³-hybridized carbons (Fsp3) is 0.208. The molecule has 3 aromatic rings. The van der Waals surface area contributed by atoms with E-state index in [2.05, 4.69) is 28.4 Å². The molecule has 2 aromatic heterocycles. The fourth-order valence-electron chi connectivity index (χ4n) is 3.95. The van der Waals surface area contributed by atoms with Crippen LogP contribution < -0.4 is 9.50 Å². The summed E-state index contributed by atoms with van der Waals surface area (Å²) in [6.07, 6.45) is 2.72. The Morgan fingerprint density at radius 1 is 1.34 bits per heavy atom. The predicted molar refractivity (Wildman–Crippen MR) is 137 cm³/mol. The highest BCUT2D eigenvalue weighted by molar-refractivity contribution is 8.17. The Kier molecular flexibility index (Phi) is 5.47. The predicted octanol–water partition coefficient (Wildman–Crippen LogP) is 7.15. The molecule has 1 saturated carbocycles. The lowest BCUT2D eigenvalue weighted by Crippen LogP contribution is -2.30. The van der Waals surface area contributed by atoms with Crippen molar-refractivity contribution in [2.24, 2.45) is 5.41 Å². The number of carbonyl (C=O) groups excluding carboxylic acids is 1. The maximum atomic E-state index is 12.5. The van der Waals surface area contributed by atoms with Gasteiger partial charge >= 0.3 is 6.09 Å². The highest BCUT2D eigenvalue weighted by Gasteiger charge is 2.60. The topological polar surface area (TPSA) is 93.8 Å². The zero-order valence-electron chi connectivity index (χ0n) is 18.1. The first-order valence-corrected chi connectivity index (χ1v) is 13.3. The molecule has 0 saturated heterocycles. The Bertz CT molecular complexity index is 1520. The lowest BCUT2D eigenvalue weighted by molar-refractivity contribution is 0.121. The van der Waals surface area contributed by atoms with E-state index >= 15 is 0 Å². The maximum Gasteiger partial charge on any atom is 0.412 e. The number of anilines is 1. The summed E-state index contributed by atoms with van der Waals surface area (Å²) in [7, 11) is -0.646. The molecule has 2 atom stereocenters. The normalized spacial score (nSPS) is 19.3. The van der Waals surface area contributed by atoms with Gasteiger partial charge in [-0.25, -0.2) is 4.79 Å². The monoisotopic (exact) mass is 546 g/mol. The van der Waals surface area contributed by atoms with Crippen LogP contribution in [0, 0.1) is 17.3 Å². The second-order valence-corrected chi connectivity index (χ2v) is 11.6. The number of nitrogens with one attached hydrogen (secondary N) is 1. The van der Waals surface area contributed by atoms with E-state index in [4.69, 9.17) is 36.6 Å². The molecule has 6 rings (SSSR count). The van der Waals surface area contributed by atoms with E-state index in [1.165, 1.54) is 16.2 Å². The second-order valence-electron chi connectivity index (χ2n) is 8.21. The molecule has 11 heteroatoms. The molecular formula is C24H16Cl2N2O5S2. The number of aromatic nitrogens is 1. The molecule has 178 valence electrons. The Morgan fingerprint density at radius 3 is 2.91 bits per heavy atom. The van der Waals surface area contributed by atoms with E-state index in [1.54, 1.807) is 25.1 Å². The summed E-state index contributed by atoms with van der Waals surface area (Å²) < 4.78 is 16.6. The molecule has 2 aliphatic heterocycles. The number of aliphatic hydroxyl groups excluding tert-OH is 1. The average molecular weight is 547 g/mol. The van der Waals surface area contributed by atoms with Gasteiger partial charge in [0.25, 0.3) is 0 Å². The van der Waals surface area contributed by atoms with E-state index in [9.17, 15) is 9.90 Å². The largest absolute Gasteiger partial charge is 0.441 e. The van der Waals surface area contributed by atoms with Crippen LogP contribution in [0.4, 0.5) is 10.5 Å². The summed E-state index contributed by atoms with van der Waals surface area (Å²) in [4.78, 5) is 15.3. The van der Waals surface area contributed by atoms with Crippen molar-refractivity contribution in [1.82, 2.24) is 5.16 Å². The summed E-state index contributed by atoms with van der Waals surface area (Å²) in [6, 6.07) is 8.93. The van der Waals surface area contributed by atoms with Crippen molar-refractivity contribution in [3.05, 3.63) is 66.5 Å². The summed E-state index contributed by atoms with van der Waals surface area (Å²) in [6.45, 7) is 1.71. The molecule has 3 aliphatic rings. The third kappa shape index (κ3) is 3.86. The van der Waals surface area contributed by atoms with Crippen LogP contribution in [0.3, 0.4) is 0 Å². The number of thiophene rings is 1. The fourth-order valence-corrected chi connectivity index (χ4v) is 7.51. The zero-order valence-corrected chi connectivity index (χ0v) is 21.2. The van der Waals surface area contributed by atoms with Gasteiger partial charge in [0.05, 0.1) is 25.9 Å². The first kappa shape index (κ1) is 22.7. The third-order valence-electron chi connectivity index (χ3n) is 5.97. The lowest BCUT2D eigenvalue weighted by Gasteiger charge is -2.35. The summed E-state index contributed by atoms with van der Waals surface area (Å²) in [5.41, 5.74) is 0.656. The van der Waals surface area contributed by atoms with Gasteiger partial charge in [0.15, 0.2) is 10.9 Å². The lowest BCUT2D eigenvalue weighted by atomic mass is 10.1. The number of aliphatic hydroxyl groups is 1. The van der Waals surface area contributed by atoms with Crippen molar-refractivity contribution in [2.75, 3.05) is 5.32 Å². The number of nitrogens with zero attached hydrogens (tertiary/aromatic N) is 1. The number of carbonyl (C=O) groups is 1. The molecule has 1 fully saturated rings. The maximum absolute atomic E-state index is 12.5. The Morgan fingerprint density at radius 2 is 2.14 bits per heavy atom. The van der Waals surface area contributed by atoms with Crippen LogP contribution in [0.25, 0.3) is 6.08 Å². The minimum atomic E-state index is -0.751. The van der Waals surface area contributed by atoms with Crippen LogP contribution in [0.15, 0.2) is 39.8 Å². The number of hydrogen-bond donors (Lipinski definition) is 2. The number of benzene rings is 1. The second kappa shape index (κ2) is 8.43. The van der Waals surface area contributed by atoms with Crippen LogP contribution in [0.5, 0.6) is 5.75 Å². The number of amides is 1. The molecule has 1 aromatic carbocycles. The van der Waals surface area contributed by atoms with E-state index in [-0.39, 0.29) is 22.0 Å². The van der Waals surface area contributed by atoms with E-state index in [1.807, 2.05) is 12.1 Å². The molecule has 35 heavy (non-hydrogen) atoms. The molecule has 2 N–H and O–H groups in total. The Labute approximate surface area is 216 Å². The van der Waals surface area contributed by atoms with Gasteiger partial charge in [-0.15, -0.1) is 11.3 Å². The summed E-state index contributed by atoms with van der Waals surface area (Å²) >= 11 is 13.8. The smallest absolute Gasteiger partial charge is 0.412 e. The SMILES string of the molecule is CC(OC(=O)Nc1c(Cl)noc1C#Cc1cc2c(s1)C=C1S(=C(O)C13CC3)O2)c1ccccc1Cl. The van der Waals surface area contributed by atoms with E-state index in [0.717, 1.165) is 22.6 Å². The molecule has 2 unspecified atom stereocenters. The number of fused-ring (bicyclic) bond motifs is 3. The first-order valence-electron chi connectivity index (χ1n) is 10.6. The minimum Gasteiger partial charge on any atom is -0.441 e.